The van der Waals surface area contributed by atoms with E-state index in [1.807, 2.05) is 0 Å². The third kappa shape index (κ3) is 9.48. The summed E-state index contributed by atoms with van der Waals surface area (Å²) in [6, 6.07) is 4.75. The summed E-state index contributed by atoms with van der Waals surface area (Å²) in [5, 5.41) is 35.5. The lowest BCUT2D eigenvalue weighted by molar-refractivity contribution is 0.0694. The van der Waals surface area contributed by atoms with Gasteiger partial charge in [0.1, 0.15) is 5.75 Å². The standard InChI is InChI=1S/C18H29BO6/c20-13-9-7-5-3-1-2-4-6-8-10-15-11-12-17(25-19(23)24)16(14-15)18(21)22/h11-12,14,20,23-24H,1-10,13H2,(H,21,22). The molecule has 0 spiro atoms. The van der Waals surface area contributed by atoms with Crippen LogP contribution < -0.4 is 4.65 Å². The first-order valence-corrected chi connectivity index (χ1v) is 9.04. The Morgan fingerprint density at radius 3 is 2.00 bits per heavy atom. The number of aliphatic hydroxyl groups excluding tert-OH is 1. The van der Waals surface area contributed by atoms with E-state index in [1.54, 1.807) is 6.07 Å². The number of carbonyl (C=O) groups is 1. The lowest BCUT2D eigenvalue weighted by Crippen LogP contribution is -2.22. The van der Waals surface area contributed by atoms with Crippen molar-refractivity contribution in [1.29, 1.82) is 0 Å². The molecule has 7 heteroatoms. The Balaban J connectivity index is 2.26. The van der Waals surface area contributed by atoms with Crippen LogP contribution in [0.4, 0.5) is 0 Å². The van der Waals surface area contributed by atoms with Crippen LogP contribution in [-0.4, -0.2) is 40.2 Å². The van der Waals surface area contributed by atoms with E-state index in [0.29, 0.717) is 0 Å². The van der Waals surface area contributed by atoms with E-state index in [2.05, 4.69) is 4.65 Å². The summed E-state index contributed by atoms with van der Waals surface area (Å²) in [7, 11) is -2.03. The molecule has 1 rings (SSSR count). The number of benzene rings is 1. The Kier molecular flexibility index (Phi) is 11.0. The lowest BCUT2D eigenvalue weighted by Gasteiger charge is -2.10. The van der Waals surface area contributed by atoms with E-state index < -0.39 is 13.3 Å². The minimum absolute atomic E-state index is 0.0487. The number of hydrogen-bond acceptors (Lipinski definition) is 5. The summed E-state index contributed by atoms with van der Waals surface area (Å²) in [6.07, 6.45) is 10.9. The molecule has 0 aliphatic carbocycles. The average molecular weight is 352 g/mol. The Labute approximate surface area is 149 Å². The molecule has 0 aliphatic rings. The van der Waals surface area contributed by atoms with E-state index in [1.165, 1.54) is 44.2 Å². The first kappa shape index (κ1) is 21.5. The molecule has 0 aliphatic heterocycles. The van der Waals surface area contributed by atoms with Crippen LogP contribution >= 0.6 is 0 Å². The molecule has 0 atom stereocenters. The highest BCUT2D eigenvalue weighted by molar-refractivity contribution is 6.34. The fourth-order valence-corrected chi connectivity index (χ4v) is 2.79. The predicted octanol–water partition coefficient (Wildman–Crippen LogP) is 2.78. The number of unbranched alkanes of at least 4 members (excludes halogenated alkanes) is 8. The maximum absolute atomic E-state index is 11.2. The van der Waals surface area contributed by atoms with Gasteiger partial charge < -0.3 is 24.9 Å². The van der Waals surface area contributed by atoms with Gasteiger partial charge in [-0.1, -0.05) is 51.0 Å². The molecule has 4 N–H and O–H groups in total. The molecule has 0 unspecified atom stereocenters. The first-order valence-electron chi connectivity index (χ1n) is 9.04. The highest BCUT2D eigenvalue weighted by Gasteiger charge is 2.18. The summed E-state index contributed by atoms with van der Waals surface area (Å²) in [4.78, 5) is 11.2. The Morgan fingerprint density at radius 1 is 0.920 bits per heavy atom. The summed E-state index contributed by atoms with van der Waals surface area (Å²) >= 11 is 0. The van der Waals surface area contributed by atoms with Gasteiger partial charge in [0.05, 0.1) is 5.56 Å². The molecule has 0 saturated carbocycles. The van der Waals surface area contributed by atoms with Gasteiger partial charge in [-0.05, 0) is 37.0 Å². The molecule has 25 heavy (non-hydrogen) atoms. The van der Waals surface area contributed by atoms with Crippen LogP contribution in [0.5, 0.6) is 5.75 Å². The predicted molar refractivity (Wildman–Crippen MR) is 96.6 cm³/mol. The molecule has 0 saturated heterocycles. The van der Waals surface area contributed by atoms with Crippen molar-refractivity contribution in [2.75, 3.05) is 6.61 Å². The van der Waals surface area contributed by atoms with Crippen molar-refractivity contribution in [3.05, 3.63) is 29.3 Å². The third-order valence-electron chi connectivity index (χ3n) is 4.13. The van der Waals surface area contributed by atoms with Gasteiger partial charge in [0.25, 0.3) is 0 Å². The molecule has 0 bridgehead atoms. The SMILES string of the molecule is O=C(O)c1cc(CCCCCCCCCCCO)ccc1OB(O)O. The van der Waals surface area contributed by atoms with Crippen molar-refractivity contribution in [3.8, 4) is 5.75 Å². The summed E-state index contributed by atoms with van der Waals surface area (Å²) in [5.74, 6) is -1.20. The van der Waals surface area contributed by atoms with E-state index in [0.717, 1.165) is 37.7 Å². The number of hydrogen-bond donors (Lipinski definition) is 4. The normalized spacial score (nSPS) is 10.7. The van der Waals surface area contributed by atoms with Crippen LogP contribution in [0.25, 0.3) is 0 Å². The molecule has 140 valence electrons. The van der Waals surface area contributed by atoms with Crippen molar-refractivity contribution in [1.82, 2.24) is 0 Å². The molecule has 1 aromatic rings. The number of aliphatic hydroxyl groups is 1. The van der Waals surface area contributed by atoms with Gasteiger partial charge in [0.15, 0.2) is 0 Å². The Morgan fingerprint density at radius 2 is 1.48 bits per heavy atom. The van der Waals surface area contributed by atoms with E-state index in [4.69, 9.17) is 15.2 Å². The van der Waals surface area contributed by atoms with Gasteiger partial charge in [-0.2, -0.15) is 0 Å². The highest BCUT2D eigenvalue weighted by atomic mass is 16.6. The van der Waals surface area contributed by atoms with E-state index in [-0.39, 0.29) is 17.9 Å². The van der Waals surface area contributed by atoms with E-state index >= 15 is 0 Å². The molecular weight excluding hydrogens is 323 g/mol. The zero-order valence-electron chi connectivity index (χ0n) is 14.7. The quantitative estimate of drug-likeness (QED) is 0.303. The van der Waals surface area contributed by atoms with Crippen LogP contribution in [0.3, 0.4) is 0 Å². The maximum atomic E-state index is 11.2. The molecule has 0 aromatic heterocycles. The monoisotopic (exact) mass is 352 g/mol. The third-order valence-corrected chi connectivity index (χ3v) is 4.13. The van der Waals surface area contributed by atoms with E-state index in [9.17, 15) is 9.90 Å². The average Bonchev–Trinajstić information content (AvgIpc) is 2.57. The fourth-order valence-electron chi connectivity index (χ4n) is 2.79. The van der Waals surface area contributed by atoms with Crippen LogP contribution in [0.15, 0.2) is 18.2 Å². The Bertz CT molecular complexity index is 506. The van der Waals surface area contributed by atoms with Gasteiger partial charge in [-0.3, -0.25) is 0 Å². The number of rotatable bonds is 14. The molecular formula is C18H29BO6. The smallest absolute Gasteiger partial charge is 0.511 e. The summed E-state index contributed by atoms with van der Waals surface area (Å²) in [5.41, 5.74) is 0.842. The molecule has 0 radical (unpaired) electrons. The van der Waals surface area contributed by atoms with Gasteiger partial charge in [0, 0.05) is 6.61 Å². The largest absolute Gasteiger partial charge is 0.707 e. The highest BCUT2D eigenvalue weighted by Crippen LogP contribution is 2.22. The molecule has 0 heterocycles. The maximum Gasteiger partial charge on any atom is 0.707 e. The summed E-state index contributed by atoms with van der Waals surface area (Å²) in [6.45, 7) is 0.289. The molecule has 1 aromatic carbocycles. The van der Waals surface area contributed by atoms with Crippen molar-refractivity contribution >= 4 is 13.3 Å². The van der Waals surface area contributed by atoms with Crippen molar-refractivity contribution < 1.29 is 29.7 Å². The molecule has 0 fully saturated rings. The van der Waals surface area contributed by atoms with Crippen LogP contribution in [0.1, 0.15) is 73.7 Å². The minimum Gasteiger partial charge on any atom is -0.511 e. The van der Waals surface area contributed by atoms with Gasteiger partial charge in [-0.25, -0.2) is 4.79 Å². The second kappa shape index (κ2) is 12.7. The number of aromatic carboxylic acids is 1. The van der Waals surface area contributed by atoms with Crippen molar-refractivity contribution in [2.24, 2.45) is 0 Å². The van der Waals surface area contributed by atoms with Crippen LogP contribution in [0, 0.1) is 0 Å². The van der Waals surface area contributed by atoms with Crippen molar-refractivity contribution in [3.63, 3.8) is 0 Å². The molecule has 6 nitrogen and oxygen atoms in total. The molecule has 0 amide bonds. The number of aryl methyl sites for hydroxylation is 1. The topological polar surface area (TPSA) is 107 Å². The number of carboxylic acid groups (broad SMARTS) is 1. The fraction of sp³-hybridized carbons (Fsp3) is 0.611. The first-order chi connectivity index (χ1) is 12.0. The number of carboxylic acids is 1. The summed E-state index contributed by atoms with van der Waals surface area (Å²) < 4.78 is 4.68. The zero-order chi connectivity index (χ0) is 18.5. The minimum atomic E-state index is -2.03. The van der Waals surface area contributed by atoms with Gasteiger partial charge in [0.2, 0.25) is 0 Å². The van der Waals surface area contributed by atoms with Crippen molar-refractivity contribution in [2.45, 2.75) is 64.2 Å². The second-order valence-electron chi connectivity index (χ2n) is 6.24. The zero-order valence-corrected chi connectivity index (χ0v) is 14.7. The Hall–Kier alpha value is -1.57. The second-order valence-corrected chi connectivity index (χ2v) is 6.24. The lowest BCUT2D eigenvalue weighted by atomic mass is 10.0. The van der Waals surface area contributed by atoms with Gasteiger partial charge in [-0.15, -0.1) is 0 Å². The van der Waals surface area contributed by atoms with Crippen LogP contribution in [0.2, 0.25) is 0 Å². The van der Waals surface area contributed by atoms with Gasteiger partial charge >= 0.3 is 13.3 Å². The van der Waals surface area contributed by atoms with Crippen LogP contribution in [-0.2, 0) is 6.42 Å².